The lowest BCUT2D eigenvalue weighted by atomic mass is 10.0. The molecule has 4 aromatic carbocycles. The fourth-order valence-corrected chi connectivity index (χ4v) is 5.13. The van der Waals surface area contributed by atoms with Crippen LogP contribution in [0.4, 0.5) is 5.69 Å². The number of carbonyl (C=O) groups is 1. The molecule has 4 aromatic rings. The maximum absolute atomic E-state index is 13.7. The van der Waals surface area contributed by atoms with Crippen molar-refractivity contribution in [3.63, 3.8) is 0 Å². The van der Waals surface area contributed by atoms with E-state index < -0.39 is 0 Å². The number of ether oxygens (including phenoxy) is 1. The van der Waals surface area contributed by atoms with Gasteiger partial charge in [-0.2, -0.15) is 0 Å². The van der Waals surface area contributed by atoms with E-state index in [1.165, 1.54) is 17.3 Å². The Balaban J connectivity index is 1.54. The van der Waals surface area contributed by atoms with E-state index in [1.807, 2.05) is 79.7 Å². The highest BCUT2D eigenvalue weighted by Gasteiger charge is 2.33. The molecule has 35 heavy (non-hydrogen) atoms. The smallest absolute Gasteiger partial charge is 0.266 e. The van der Waals surface area contributed by atoms with Crippen LogP contribution in [-0.2, 0) is 11.2 Å². The fraction of sp³-hybridized carbons (Fsp3) is 0.133. The third-order valence-corrected chi connectivity index (χ3v) is 6.85. The lowest BCUT2D eigenvalue weighted by Crippen LogP contribution is -2.31. The number of amides is 1. The van der Waals surface area contributed by atoms with Crippen LogP contribution in [0.5, 0.6) is 5.75 Å². The molecule has 1 saturated heterocycles. The third kappa shape index (κ3) is 5.15. The molecule has 0 unspecified atom stereocenters. The van der Waals surface area contributed by atoms with Crippen molar-refractivity contribution < 1.29 is 9.53 Å². The standard InChI is InChI=1S/C30H26N2O2S/c1-2-34-27-18-17-23-13-9-10-16-25(23)26(27)21-28-29(33)32(20-19-22-11-5-3-6-12-22)30(35-28)31-24-14-7-4-8-15-24/h3-18,21H,2,19-20H2,1H3/b28-21+,31-30?. The van der Waals surface area contributed by atoms with Crippen LogP contribution in [0, 0.1) is 0 Å². The van der Waals surface area contributed by atoms with E-state index in [2.05, 4.69) is 30.3 Å². The topological polar surface area (TPSA) is 41.9 Å². The number of para-hydroxylation sites is 1. The molecule has 1 fully saturated rings. The van der Waals surface area contributed by atoms with E-state index in [-0.39, 0.29) is 5.91 Å². The van der Waals surface area contributed by atoms with Crippen LogP contribution in [0.25, 0.3) is 16.8 Å². The van der Waals surface area contributed by atoms with E-state index in [4.69, 9.17) is 9.73 Å². The maximum Gasteiger partial charge on any atom is 0.266 e. The van der Waals surface area contributed by atoms with Crippen molar-refractivity contribution in [2.75, 3.05) is 13.2 Å². The number of carbonyl (C=O) groups excluding carboxylic acids is 1. The molecule has 1 aliphatic rings. The Bertz CT molecular complexity index is 1400. The molecule has 1 aliphatic heterocycles. The quantitative estimate of drug-likeness (QED) is 0.266. The van der Waals surface area contributed by atoms with Gasteiger partial charge in [-0.1, -0.05) is 78.9 Å². The molecule has 174 valence electrons. The molecule has 0 spiro atoms. The van der Waals surface area contributed by atoms with E-state index in [0.29, 0.717) is 23.2 Å². The molecule has 4 nitrogen and oxygen atoms in total. The lowest BCUT2D eigenvalue weighted by molar-refractivity contribution is -0.122. The van der Waals surface area contributed by atoms with Crippen molar-refractivity contribution in [2.24, 2.45) is 4.99 Å². The van der Waals surface area contributed by atoms with Gasteiger partial charge >= 0.3 is 0 Å². The molecular formula is C30H26N2O2S. The zero-order chi connectivity index (χ0) is 24.0. The van der Waals surface area contributed by atoms with Crippen LogP contribution in [-0.4, -0.2) is 29.1 Å². The van der Waals surface area contributed by atoms with Gasteiger partial charge in [0.1, 0.15) is 5.75 Å². The van der Waals surface area contributed by atoms with Crippen LogP contribution in [0.3, 0.4) is 0 Å². The summed E-state index contributed by atoms with van der Waals surface area (Å²) in [7, 11) is 0. The molecule has 5 heteroatoms. The number of benzene rings is 4. The van der Waals surface area contributed by atoms with E-state index in [1.54, 1.807) is 4.90 Å². The molecular weight excluding hydrogens is 452 g/mol. The van der Waals surface area contributed by atoms with Crippen molar-refractivity contribution in [2.45, 2.75) is 13.3 Å². The summed E-state index contributed by atoms with van der Waals surface area (Å²) in [5, 5.41) is 2.86. The Morgan fingerprint density at radius 2 is 1.60 bits per heavy atom. The first-order valence-electron chi connectivity index (χ1n) is 11.8. The molecule has 0 bridgehead atoms. The van der Waals surface area contributed by atoms with Gasteiger partial charge in [0, 0.05) is 12.1 Å². The molecule has 0 radical (unpaired) electrons. The van der Waals surface area contributed by atoms with Crippen molar-refractivity contribution in [3.05, 3.63) is 113 Å². The number of aliphatic imine (C=N–C) groups is 1. The Morgan fingerprint density at radius 3 is 2.37 bits per heavy atom. The van der Waals surface area contributed by atoms with Gasteiger partial charge in [0.05, 0.1) is 17.2 Å². The summed E-state index contributed by atoms with van der Waals surface area (Å²) in [6, 6.07) is 32.2. The fourth-order valence-electron chi connectivity index (χ4n) is 4.12. The van der Waals surface area contributed by atoms with Gasteiger partial charge < -0.3 is 4.74 Å². The first-order chi connectivity index (χ1) is 17.2. The van der Waals surface area contributed by atoms with Gasteiger partial charge in [0.15, 0.2) is 5.17 Å². The average Bonchev–Trinajstić information content (AvgIpc) is 3.19. The summed E-state index contributed by atoms with van der Waals surface area (Å²) in [4.78, 5) is 20.9. The maximum atomic E-state index is 13.7. The van der Waals surface area contributed by atoms with Crippen LogP contribution in [0.15, 0.2) is 107 Å². The van der Waals surface area contributed by atoms with Crippen LogP contribution >= 0.6 is 11.8 Å². The molecule has 1 amide bonds. The normalized spacial score (nSPS) is 15.9. The Labute approximate surface area is 210 Å². The number of thioether (sulfide) groups is 1. The highest BCUT2D eigenvalue weighted by Crippen LogP contribution is 2.38. The summed E-state index contributed by atoms with van der Waals surface area (Å²) in [5.41, 5.74) is 2.94. The molecule has 0 aromatic heterocycles. The average molecular weight is 479 g/mol. The SMILES string of the molecule is CCOc1ccc2ccccc2c1/C=C1/SC(=Nc2ccccc2)N(CCc2ccccc2)C1=O. The van der Waals surface area contributed by atoms with Crippen molar-refractivity contribution in [1.82, 2.24) is 4.90 Å². The van der Waals surface area contributed by atoms with Gasteiger partial charge in [0.25, 0.3) is 5.91 Å². The van der Waals surface area contributed by atoms with E-state index in [9.17, 15) is 4.79 Å². The van der Waals surface area contributed by atoms with Crippen molar-refractivity contribution in [1.29, 1.82) is 0 Å². The second-order valence-electron chi connectivity index (χ2n) is 8.16. The molecule has 1 heterocycles. The monoisotopic (exact) mass is 478 g/mol. The van der Waals surface area contributed by atoms with Gasteiger partial charge in [-0.05, 0) is 65.7 Å². The molecule has 0 atom stereocenters. The van der Waals surface area contributed by atoms with Gasteiger partial charge in [-0.25, -0.2) is 4.99 Å². The minimum Gasteiger partial charge on any atom is -0.493 e. The molecule has 0 aliphatic carbocycles. The number of rotatable bonds is 7. The predicted octanol–water partition coefficient (Wildman–Crippen LogP) is 7.09. The second-order valence-corrected chi connectivity index (χ2v) is 9.17. The second kappa shape index (κ2) is 10.6. The highest BCUT2D eigenvalue weighted by molar-refractivity contribution is 8.18. The van der Waals surface area contributed by atoms with E-state index in [0.717, 1.165) is 34.2 Å². The molecule has 0 saturated carbocycles. The number of hydrogen-bond donors (Lipinski definition) is 0. The Hall–Kier alpha value is -3.83. The Morgan fingerprint density at radius 1 is 0.886 bits per heavy atom. The van der Waals surface area contributed by atoms with Gasteiger partial charge in [-0.15, -0.1) is 0 Å². The van der Waals surface area contributed by atoms with E-state index >= 15 is 0 Å². The molecule has 0 N–H and O–H groups in total. The zero-order valence-corrected chi connectivity index (χ0v) is 20.4. The van der Waals surface area contributed by atoms with Crippen LogP contribution < -0.4 is 4.74 Å². The number of amidine groups is 1. The number of hydrogen-bond acceptors (Lipinski definition) is 4. The van der Waals surface area contributed by atoms with Crippen LogP contribution in [0.2, 0.25) is 0 Å². The first kappa shape index (κ1) is 22.9. The summed E-state index contributed by atoms with van der Waals surface area (Å²) in [6.45, 7) is 3.09. The number of nitrogens with zero attached hydrogens (tertiary/aromatic N) is 2. The summed E-state index contributed by atoms with van der Waals surface area (Å²) < 4.78 is 5.94. The minimum atomic E-state index is -0.0315. The largest absolute Gasteiger partial charge is 0.493 e. The summed E-state index contributed by atoms with van der Waals surface area (Å²) >= 11 is 1.42. The first-order valence-corrected chi connectivity index (χ1v) is 12.6. The molecule has 5 rings (SSSR count). The summed E-state index contributed by atoms with van der Waals surface area (Å²) in [6.07, 6.45) is 2.72. The van der Waals surface area contributed by atoms with Gasteiger partial charge in [-0.3, -0.25) is 9.69 Å². The summed E-state index contributed by atoms with van der Waals surface area (Å²) in [5.74, 6) is 0.743. The minimum absolute atomic E-state index is 0.0315. The van der Waals surface area contributed by atoms with Crippen LogP contribution in [0.1, 0.15) is 18.1 Å². The highest BCUT2D eigenvalue weighted by atomic mass is 32.2. The van der Waals surface area contributed by atoms with Crippen molar-refractivity contribution in [3.8, 4) is 5.75 Å². The Kier molecular flexibility index (Phi) is 6.96. The van der Waals surface area contributed by atoms with Gasteiger partial charge in [0.2, 0.25) is 0 Å². The van der Waals surface area contributed by atoms with Crippen molar-refractivity contribution >= 4 is 45.4 Å². The lowest BCUT2D eigenvalue weighted by Gasteiger charge is -2.15. The number of fused-ring (bicyclic) bond motifs is 1. The third-order valence-electron chi connectivity index (χ3n) is 5.84. The zero-order valence-electron chi connectivity index (χ0n) is 19.6. The predicted molar refractivity (Wildman–Crippen MR) is 146 cm³/mol.